The Bertz CT molecular complexity index is 5520. The molecule has 0 bridgehead atoms. The molecule has 0 saturated heterocycles. The Hall–Kier alpha value is -9.16. The van der Waals surface area contributed by atoms with Crippen LogP contribution in [0.15, 0.2) is 235 Å². The van der Waals surface area contributed by atoms with Crippen LogP contribution in [0.5, 0.6) is 0 Å². The van der Waals surface area contributed by atoms with E-state index >= 15 is 0 Å². The molecule has 4 heterocycles. The van der Waals surface area contributed by atoms with Crippen LogP contribution in [0.25, 0.3) is 88.6 Å². The van der Waals surface area contributed by atoms with Crippen molar-refractivity contribution >= 4 is 66.7 Å². The number of benzene rings is 8. The van der Waals surface area contributed by atoms with Gasteiger partial charge in [0.05, 0.1) is 45.1 Å². The minimum Gasteiger partial charge on any atom is -0.512 e. The van der Waals surface area contributed by atoms with E-state index in [2.05, 4.69) is 50.3 Å². The molecule has 4 N–H and O–H groups in total. The van der Waals surface area contributed by atoms with Crippen molar-refractivity contribution < 1.29 is 145 Å². The number of aromatic nitrogens is 4. The Kier molecular flexibility index (Phi) is 30.0. The largest absolute Gasteiger partial charge is 0.512 e. The fourth-order valence-electron chi connectivity index (χ4n) is 9.31. The normalized spacial score (nSPS) is 13.8. The second-order valence-electron chi connectivity index (χ2n) is 23.0. The molecule has 554 valence electrons. The van der Waals surface area contributed by atoms with Crippen LogP contribution in [0, 0.1) is 86.1 Å². The number of allylic oxidation sites excluding steroid dienone is 8. The van der Waals surface area contributed by atoms with Gasteiger partial charge in [0.2, 0.25) is 0 Å². The Morgan fingerprint density at radius 1 is 0.314 bits per heavy atom. The van der Waals surface area contributed by atoms with Crippen molar-refractivity contribution in [1.29, 1.82) is 0 Å². The number of pyridine rings is 4. The van der Waals surface area contributed by atoms with E-state index in [0.29, 0.717) is 44.7 Å². The minimum absolute atomic E-state index is 0. The maximum atomic E-state index is 10.0. The van der Waals surface area contributed by atoms with E-state index in [-0.39, 0.29) is 149 Å². The molecule has 0 atom stereocenters. The number of carbonyl (C=O) groups is 4. The fraction of sp³-hybridized carbons (Fsp3) is 0.191. The van der Waals surface area contributed by atoms with Crippen molar-refractivity contribution in [3.8, 4) is 45.0 Å². The summed E-state index contributed by atoms with van der Waals surface area (Å²) in [5.74, 6) is -0.250. The van der Waals surface area contributed by atoms with E-state index in [1.165, 1.54) is 104 Å². The predicted octanol–water partition coefficient (Wildman–Crippen LogP) is 21.7. The Morgan fingerprint density at radius 2 is 0.619 bits per heavy atom. The number of aryl methyl sites for hydroxylation is 9. The van der Waals surface area contributed by atoms with E-state index in [4.69, 9.17) is 45.1 Å². The number of carbonyl (C=O) groups excluding carboxylic acids is 4. The smallest absolute Gasteiger partial charge is 0.155 e. The number of hydrogen-bond donors (Lipinski definition) is 4. The fourth-order valence-corrected chi connectivity index (χ4v) is 9.31. The molecule has 0 spiro atoms. The van der Waals surface area contributed by atoms with Crippen molar-refractivity contribution in [2.75, 3.05) is 0 Å². The summed E-state index contributed by atoms with van der Waals surface area (Å²) in [5, 5.41) is 37.2. The van der Waals surface area contributed by atoms with Crippen molar-refractivity contribution in [2.45, 2.75) is 117 Å². The summed E-state index contributed by atoms with van der Waals surface area (Å²) in [6.07, 6.45) is 4.67. The van der Waals surface area contributed by atoms with Gasteiger partial charge in [-0.05, 0) is 161 Å². The summed E-state index contributed by atoms with van der Waals surface area (Å²) >= 11 is 0. The number of ketones is 4. The van der Waals surface area contributed by atoms with Gasteiger partial charge in [-0.3, -0.25) is 39.1 Å². The van der Waals surface area contributed by atoms with Gasteiger partial charge in [-0.2, -0.15) is 0 Å². The summed E-state index contributed by atoms with van der Waals surface area (Å²) in [6, 6.07) is 67.5. The van der Waals surface area contributed by atoms with E-state index in [9.17, 15) is 19.2 Å². The molecule has 0 fully saturated rings. The predicted molar refractivity (Wildman–Crippen MR) is 415 cm³/mol. The molecule has 0 unspecified atom stereocenters. The number of fused-ring (bicyclic) bond motifs is 4. The van der Waals surface area contributed by atoms with Gasteiger partial charge in [-0.1, -0.05) is 144 Å². The molecule has 0 aliphatic heterocycles. The number of hydrogen-bond acceptors (Lipinski definition) is 12. The average molecular weight is 2130 g/mol. The number of para-hydroxylation sites is 1. The second-order valence-corrected chi connectivity index (χ2v) is 23.0. The maximum absolute atomic E-state index is 10.0. The molecular weight excluding hydrogens is 2020 g/mol. The first-order valence-corrected chi connectivity index (χ1v) is 31.3. The summed E-state index contributed by atoms with van der Waals surface area (Å²) < 4.78 is 136. The molecule has 12 rings (SSSR count). The summed E-state index contributed by atoms with van der Waals surface area (Å²) in [7, 11) is 0. The molecule has 0 aliphatic rings. The molecule has 0 saturated carbocycles. The molecule has 8 aromatic carbocycles. The Labute approximate surface area is 698 Å². The second kappa shape index (κ2) is 47.3. The van der Waals surface area contributed by atoms with E-state index < -0.39 is 41.1 Å². The van der Waals surface area contributed by atoms with Crippen LogP contribution in [0.3, 0.4) is 0 Å². The molecule has 0 amide bonds. The van der Waals surface area contributed by atoms with Crippen LogP contribution in [0.2, 0.25) is 0 Å². The van der Waals surface area contributed by atoms with E-state index in [1.54, 1.807) is 48.5 Å². The number of nitrogens with zero attached hydrogens (tertiary/aromatic N) is 4. The molecule has 12 aromatic rings. The van der Waals surface area contributed by atoms with Gasteiger partial charge in [0.15, 0.2) is 23.1 Å². The molecule has 4 aromatic heterocycles. The van der Waals surface area contributed by atoms with Gasteiger partial charge in [-0.15, -0.1) is 141 Å². The molecule has 4 radical (unpaired) electrons. The SMILES string of the molecule is CC(=O)C=C(C)O.CC(=O)C=C(C)O.CC(=O)C=C(C)O.CC(=O)C=C(C)O.[2H]C([2H])([2H])c1[c-]c(-c2ccc3ccc(C)cc3n2)cc(C([2H])([2H])[2H])c1.[2H]C([2H])([2H])c1[c-]c(-c2ccc3ccccc3n2)cc(C([2H])([2H])[2H])c1.[2H]C([2H])([2H])c1ccc2ccc(-c3[c-]c(C)cc(C)c3)nc2c1.[2H]C([2H])([2H])c1ccc2ccc(-c3[c-]cccc3)nc2c1.[Ir].[Ir].[Ir].[Ir]. The van der Waals surface area contributed by atoms with Crippen LogP contribution in [0.4, 0.5) is 0 Å². The zero-order chi connectivity index (χ0) is 89.5. The third kappa shape index (κ3) is 35.0. The summed E-state index contributed by atoms with van der Waals surface area (Å²) in [5.41, 5.74) is 11.6. The zero-order valence-corrected chi connectivity index (χ0v) is 68.8. The average Bonchev–Trinajstić information content (AvgIpc) is 0.842. The molecular formula is C89H90Ir4N4O8-4. The van der Waals surface area contributed by atoms with E-state index in [0.717, 1.165) is 71.8 Å². The van der Waals surface area contributed by atoms with Gasteiger partial charge in [0.25, 0.3) is 0 Å². The minimum atomic E-state index is -2.44. The third-order valence-electron chi connectivity index (χ3n) is 13.2. The third-order valence-corrected chi connectivity index (χ3v) is 13.2. The van der Waals surface area contributed by atoms with Crippen LogP contribution < -0.4 is 0 Å². The first-order chi connectivity index (χ1) is 55.0. The Balaban J connectivity index is 0.000000736. The molecule has 16 heteroatoms. The van der Waals surface area contributed by atoms with Crippen LogP contribution >= 0.6 is 0 Å². The van der Waals surface area contributed by atoms with Gasteiger partial charge in [0, 0.05) is 129 Å². The van der Waals surface area contributed by atoms with Gasteiger partial charge >= 0.3 is 0 Å². The molecule has 12 nitrogen and oxygen atoms in total. The van der Waals surface area contributed by atoms with E-state index in [1.807, 2.05) is 130 Å². The number of aliphatic hydroxyl groups excluding tert-OH is 4. The standard InChI is InChI=1S/2C18H16N.C17H14N.C16H12N.4C5H8O2.4Ir/c2*1-12-4-5-15-6-7-17(19-18(15)11-12)16-9-13(2)8-14(3)10-16;1-12-9-13(2)11-15(10-12)17-8-7-14-5-3-4-6-16(14)18-17;1-12-7-8-14-9-10-15(17-16(14)11-12)13-5-3-2-4-6-13;4*1-4(6)3-5(2)7;;;;/h2*4-9,11H,1-3H3;3-10H,1-2H3;2-5,7-11H,1H3;4*3,6H,1-2H3;;;;/q4*-1;;;;;;;;/i2D3,3D3;1D3;1D3,2D3;1D3;;;;;;;;. The quantitative estimate of drug-likeness (QED) is 0.0638. The first kappa shape index (κ1) is 66.5. The van der Waals surface area contributed by atoms with Crippen molar-refractivity contribution in [1.82, 2.24) is 19.9 Å². The molecule has 0 aliphatic carbocycles. The number of rotatable bonds is 8. The molecule has 105 heavy (non-hydrogen) atoms. The summed E-state index contributed by atoms with van der Waals surface area (Å²) in [4.78, 5) is 58.3. The van der Waals surface area contributed by atoms with Crippen LogP contribution in [-0.4, -0.2) is 63.5 Å². The first-order valence-electron chi connectivity index (χ1n) is 40.3. The summed E-state index contributed by atoms with van der Waals surface area (Å²) in [6.45, 7) is 3.49. The van der Waals surface area contributed by atoms with Crippen molar-refractivity contribution in [2.24, 2.45) is 0 Å². The number of aliphatic hydroxyl groups is 4. The topological polar surface area (TPSA) is 201 Å². The zero-order valence-electron chi connectivity index (χ0n) is 77.3. The van der Waals surface area contributed by atoms with Crippen molar-refractivity contribution in [3.05, 3.63) is 310 Å². The van der Waals surface area contributed by atoms with Crippen LogP contribution in [0.1, 0.15) is 130 Å². The van der Waals surface area contributed by atoms with Gasteiger partial charge < -0.3 is 20.4 Å². The maximum Gasteiger partial charge on any atom is 0.155 e. The van der Waals surface area contributed by atoms with Crippen LogP contribution in [-0.2, 0) is 99.6 Å². The monoisotopic (exact) mass is 2130 g/mol. The van der Waals surface area contributed by atoms with Gasteiger partial charge in [0.1, 0.15) is 0 Å². The van der Waals surface area contributed by atoms with Gasteiger partial charge in [-0.25, -0.2) is 0 Å². The van der Waals surface area contributed by atoms with Crippen molar-refractivity contribution in [3.63, 3.8) is 0 Å². The Morgan fingerprint density at radius 3 is 0.952 bits per heavy atom.